The van der Waals surface area contributed by atoms with E-state index >= 15 is 0 Å². The fourth-order valence-electron chi connectivity index (χ4n) is 1.94. The number of nitrogens with zero attached hydrogens (tertiary/aromatic N) is 1. The van der Waals surface area contributed by atoms with Crippen LogP contribution in [0.2, 0.25) is 0 Å². The highest BCUT2D eigenvalue weighted by molar-refractivity contribution is 14.0. The van der Waals surface area contributed by atoms with Crippen LogP contribution in [0.3, 0.4) is 0 Å². The third kappa shape index (κ3) is 19.9. The van der Waals surface area contributed by atoms with Crippen LogP contribution >= 0.6 is 24.0 Å². The van der Waals surface area contributed by atoms with Crippen molar-refractivity contribution in [2.75, 3.05) is 40.0 Å². The van der Waals surface area contributed by atoms with Crippen LogP contribution in [0.1, 0.15) is 58.3 Å². The molecule has 0 saturated carbocycles. The van der Waals surface area contributed by atoms with E-state index in [9.17, 15) is 0 Å². The molecule has 0 aromatic heterocycles. The van der Waals surface area contributed by atoms with Gasteiger partial charge >= 0.3 is 0 Å². The zero-order valence-corrected chi connectivity index (χ0v) is 16.8. The zero-order chi connectivity index (χ0) is 15.6. The van der Waals surface area contributed by atoms with Gasteiger partial charge in [-0.3, -0.25) is 4.99 Å². The third-order valence-corrected chi connectivity index (χ3v) is 3.25. The van der Waals surface area contributed by atoms with Gasteiger partial charge < -0.3 is 20.5 Å². The summed E-state index contributed by atoms with van der Waals surface area (Å²) in [5, 5.41) is 3.14. The SMILES string of the molecule is CCCCCCCCN=C(N)NCCCCOCCOC.I. The monoisotopic (exact) mass is 429 g/mol. The van der Waals surface area contributed by atoms with Crippen LogP contribution in [-0.4, -0.2) is 46.0 Å². The third-order valence-electron chi connectivity index (χ3n) is 3.25. The average molecular weight is 429 g/mol. The number of methoxy groups -OCH3 is 1. The van der Waals surface area contributed by atoms with Crippen molar-refractivity contribution < 1.29 is 9.47 Å². The number of hydrogen-bond acceptors (Lipinski definition) is 3. The maximum absolute atomic E-state index is 5.81. The molecule has 0 saturated heterocycles. The van der Waals surface area contributed by atoms with E-state index in [0.717, 1.165) is 39.0 Å². The Hall–Kier alpha value is -0.0800. The van der Waals surface area contributed by atoms with Crippen molar-refractivity contribution in [3.8, 4) is 0 Å². The Morgan fingerprint density at radius 3 is 2.41 bits per heavy atom. The Morgan fingerprint density at radius 2 is 1.68 bits per heavy atom. The van der Waals surface area contributed by atoms with Crippen molar-refractivity contribution in [1.29, 1.82) is 0 Å². The molecule has 0 spiro atoms. The number of nitrogens with one attached hydrogen (secondary N) is 1. The smallest absolute Gasteiger partial charge is 0.188 e. The first-order chi connectivity index (χ1) is 10.3. The molecule has 0 aliphatic rings. The number of unbranched alkanes of at least 4 members (excludes halogenated alkanes) is 6. The molecule has 0 heterocycles. The number of ether oxygens (including phenoxy) is 2. The van der Waals surface area contributed by atoms with Crippen molar-refractivity contribution in [3.63, 3.8) is 0 Å². The van der Waals surface area contributed by atoms with Crippen molar-refractivity contribution in [2.45, 2.75) is 58.3 Å². The van der Waals surface area contributed by atoms with Crippen LogP contribution in [0.4, 0.5) is 0 Å². The highest BCUT2D eigenvalue weighted by atomic mass is 127. The van der Waals surface area contributed by atoms with E-state index in [1.54, 1.807) is 7.11 Å². The van der Waals surface area contributed by atoms with Gasteiger partial charge in [0, 0.05) is 26.8 Å². The molecular formula is C16H36IN3O2. The van der Waals surface area contributed by atoms with Gasteiger partial charge in [0.05, 0.1) is 13.2 Å². The van der Waals surface area contributed by atoms with E-state index < -0.39 is 0 Å². The van der Waals surface area contributed by atoms with E-state index in [1.165, 1.54) is 32.1 Å². The summed E-state index contributed by atoms with van der Waals surface area (Å²) in [4.78, 5) is 4.34. The zero-order valence-electron chi connectivity index (χ0n) is 14.4. The molecule has 6 heteroatoms. The van der Waals surface area contributed by atoms with Gasteiger partial charge in [-0.25, -0.2) is 0 Å². The van der Waals surface area contributed by atoms with E-state index in [0.29, 0.717) is 19.2 Å². The van der Waals surface area contributed by atoms with Gasteiger partial charge in [0.25, 0.3) is 0 Å². The lowest BCUT2D eigenvalue weighted by Gasteiger charge is -2.06. The minimum atomic E-state index is 0. The fraction of sp³-hybridized carbons (Fsp3) is 0.938. The summed E-state index contributed by atoms with van der Waals surface area (Å²) in [5.74, 6) is 0.573. The molecule has 0 radical (unpaired) electrons. The Morgan fingerprint density at radius 1 is 0.955 bits per heavy atom. The summed E-state index contributed by atoms with van der Waals surface area (Å²) in [5.41, 5.74) is 5.81. The second kappa shape index (κ2) is 20.9. The number of halogens is 1. The fourth-order valence-corrected chi connectivity index (χ4v) is 1.94. The van der Waals surface area contributed by atoms with Crippen LogP contribution in [0.15, 0.2) is 4.99 Å². The van der Waals surface area contributed by atoms with Crippen molar-refractivity contribution in [2.24, 2.45) is 10.7 Å². The van der Waals surface area contributed by atoms with Gasteiger partial charge in [0.15, 0.2) is 5.96 Å². The first kappa shape index (κ1) is 24.2. The van der Waals surface area contributed by atoms with Crippen LogP contribution in [0, 0.1) is 0 Å². The van der Waals surface area contributed by atoms with Gasteiger partial charge in [-0.1, -0.05) is 39.0 Å². The van der Waals surface area contributed by atoms with E-state index in [2.05, 4.69) is 17.2 Å². The molecule has 0 rings (SSSR count). The van der Waals surface area contributed by atoms with Crippen molar-refractivity contribution >= 4 is 29.9 Å². The second-order valence-corrected chi connectivity index (χ2v) is 5.27. The largest absolute Gasteiger partial charge is 0.382 e. The minimum absolute atomic E-state index is 0. The molecule has 0 amide bonds. The summed E-state index contributed by atoms with van der Waals surface area (Å²) in [6.07, 6.45) is 9.78. The highest BCUT2D eigenvalue weighted by Gasteiger charge is 1.94. The molecule has 3 N–H and O–H groups in total. The molecule has 0 atom stereocenters. The maximum Gasteiger partial charge on any atom is 0.188 e. The van der Waals surface area contributed by atoms with Crippen LogP contribution in [-0.2, 0) is 9.47 Å². The van der Waals surface area contributed by atoms with Gasteiger partial charge in [-0.05, 0) is 19.3 Å². The van der Waals surface area contributed by atoms with E-state index in [4.69, 9.17) is 15.2 Å². The molecule has 0 fully saturated rings. The van der Waals surface area contributed by atoms with E-state index in [1.807, 2.05) is 0 Å². The Bertz CT molecular complexity index is 241. The first-order valence-electron chi connectivity index (χ1n) is 8.41. The molecule has 0 unspecified atom stereocenters. The molecule has 0 aromatic carbocycles. The van der Waals surface area contributed by atoms with Crippen LogP contribution < -0.4 is 11.1 Å². The molecule has 0 aromatic rings. The quantitative estimate of drug-likeness (QED) is 0.181. The molecule has 0 bridgehead atoms. The lowest BCUT2D eigenvalue weighted by Crippen LogP contribution is -2.32. The minimum Gasteiger partial charge on any atom is -0.382 e. The summed E-state index contributed by atoms with van der Waals surface area (Å²) < 4.78 is 10.3. The topological polar surface area (TPSA) is 68.9 Å². The number of guanidine groups is 1. The summed E-state index contributed by atoms with van der Waals surface area (Å²) in [6.45, 7) is 6.05. The Kier molecular flexibility index (Phi) is 23.0. The van der Waals surface area contributed by atoms with Crippen LogP contribution in [0.25, 0.3) is 0 Å². The number of hydrogen-bond donors (Lipinski definition) is 2. The maximum atomic E-state index is 5.81. The Balaban J connectivity index is 0. The normalized spacial score (nSPS) is 11.3. The van der Waals surface area contributed by atoms with E-state index in [-0.39, 0.29) is 24.0 Å². The molecule has 22 heavy (non-hydrogen) atoms. The predicted octanol–water partition coefficient (Wildman–Crippen LogP) is 3.31. The predicted molar refractivity (Wildman–Crippen MR) is 105 cm³/mol. The summed E-state index contributed by atoms with van der Waals surface area (Å²) in [6, 6.07) is 0. The number of rotatable bonds is 15. The molecule has 134 valence electrons. The molecule has 0 aliphatic heterocycles. The number of aliphatic imine (C=N–C) groups is 1. The second-order valence-electron chi connectivity index (χ2n) is 5.27. The summed E-state index contributed by atoms with van der Waals surface area (Å²) in [7, 11) is 1.68. The van der Waals surface area contributed by atoms with Crippen molar-refractivity contribution in [1.82, 2.24) is 5.32 Å². The molecular weight excluding hydrogens is 393 g/mol. The molecule has 0 aliphatic carbocycles. The lowest BCUT2D eigenvalue weighted by atomic mass is 10.1. The molecule has 5 nitrogen and oxygen atoms in total. The number of nitrogens with two attached hydrogens (primary N) is 1. The highest BCUT2D eigenvalue weighted by Crippen LogP contribution is 2.04. The van der Waals surface area contributed by atoms with Gasteiger partial charge in [0.1, 0.15) is 0 Å². The average Bonchev–Trinajstić information content (AvgIpc) is 2.49. The van der Waals surface area contributed by atoms with Gasteiger partial charge in [0.2, 0.25) is 0 Å². The summed E-state index contributed by atoms with van der Waals surface area (Å²) >= 11 is 0. The van der Waals surface area contributed by atoms with Gasteiger partial charge in [-0.2, -0.15) is 0 Å². The standard InChI is InChI=1S/C16H35N3O2.HI/c1-3-4-5-6-7-8-11-18-16(17)19-12-9-10-13-21-15-14-20-2;/h3-15H2,1-2H3,(H3,17,18,19);1H. The van der Waals surface area contributed by atoms with Gasteiger partial charge in [-0.15, -0.1) is 24.0 Å². The Labute approximate surface area is 153 Å². The van der Waals surface area contributed by atoms with Crippen molar-refractivity contribution in [3.05, 3.63) is 0 Å². The lowest BCUT2D eigenvalue weighted by molar-refractivity contribution is 0.0689. The van der Waals surface area contributed by atoms with Crippen LogP contribution in [0.5, 0.6) is 0 Å². The first-order valence-corrected chi connectivity index (χ1v) is 8.41.